The maximum Gasteiger partial charge on any atom is 0.200 e. The van der Waals surface area contributed by atoms with E-state index < -0.39 is 5.82 Å². The summed E-state index contributed by atoms with van der Waals surface area (Å²) in [6.07, 6.45) is 1.39. The lowest BCUT2D eigenvalue weighted by Crippen LogP contribution is -2.06. The van der Waals surface area contributed by atoms with Crippen LogP contribution in [-0.2, 0) is 0 Å². The molecule has 0 N–H and O–H groups in total. The fraction of sp³-hybridized carbons (Fsp3) is 0.118. The second-order valence-electron chi connectivity index (χ2n) is 4.91. The van der Waals surface area contributed by atoms with Crippen LogP contribution in [0.25, 0.3) is 11.0 Å². The first-order valence-electron chi connectivity index (χ1n) is 6.35. The van der Waals surface area contributed by atoms with E-state index in [4.69, 9.17) is 4.42 Å². The number of fused-ring (bicyclic) bond motifs is 1. The van der Waals surface area contributed by atoms with Gasteiger partial charge in [0.05, 0.1) is 11.1 Å². The molecule has 0 unspecified atom stereocenters. The normalized spacial score (nSPS) is 10.9. The summed E-state index contributed by atoms with van der Waals surface area (Å²) in [4.78, 5) is 12.6. The molecule has 100 valence electrons. The van der Waals surface area contributed by atoms with Gasteiger partial charge in [-0.2, -0.15) is 0 Å². The zero-order valence-electron chi connectivity index (χ0n) is 11.2. The zero-order valence-corrected chi connectivity index (χ0v) is 11.2. The monoisotopic (exact) mass is 268 g/mol. The predicted octanol–water partition coefficient (Wildman–Crippen LogP) is 4.42. The smallest absolute Gasteiger partial charge is 0.200 e. The summed E-state index contributed by atoms with van der Waals surface area (Å²) >= 11 is 0. The lowest BCUT2D eigenvalue weighted by molar-refractivity contribution is 0.103. The Bertz CT molecular complexity index is 792. The molecule has 2 nitrogen and oxygen atoms in total. The van der Waals surface area contributed by atoms with Gasteiger partial charge in [0.2, 0.25) is 0 Å². The van der Waals surface area contributed by atoms with E-state index in [2.05, 4.69) is 0 Å². The molecule has 0 saturated heterocycles. The fourth-order valence-corrected chi connectivity index (χ4v) is 2.49. The number of ketones is 1. The molecule has 3 aromatic rings. The largest absolute Gasteiger partial charge is 0.464 e. The lowest BCUT2D eigenvalue weighted by Gasteiger charge is -2.07. The molecule has 0 aliphatic heterocycles. The third kappa shape index (κ3) is 1.92. The minimum absolute atomic E-state index is 0.113. The average molecular weight is 268 g/mol. The Morgan fingerprint density at radius 2 is 1.90 bits per heavy atom. The van der Waals surface area contributed by atoms with E-state index in [1.54, 1.807) is 32.0 Å². The van der Waals surface area contributed by atoms with Gasteiger partial charge in [-0.1, -0.05) is 24.3 Å². The van der Waals surface area contributed by atoms with Crippen LogP contribution in [0.1, 0.15) is 27.0 Å². The molecule has 0 amide bonds. The zero-order chi connectivity index (χ0) is 14.3. The number of carbonyl (C=O) groups is 1. The summed E-state index contributed by atoms with van der Waals surface area (Å²) < 4.78 is 19.5. The van der Waals surface area contributed by atoms with Gasteiger partial charge in [0.1, 0.15) is 17.7 Å². The molecule has 0 saturated carbocycles. The molecule has 3 rings (SSSR count). The van der Waals surface area contributed by atoms with Crippen molar-refractivity contribution in [3.8, 4) is 0 Å². The summed E-state index contributed by atoms with van der Waals surface area (Å²) in [6.45, 7) is 3.54. The summed E-state index contributed by atoms with van der Waals surface area (Å²) in [6, 6.07) is 10.4. The van der Waals surface area contributed by atoms with E-state index in [-0.39, 0.29) is 11.3 Å². The molecule has 1 aromatic heterocycles. The van der Waals surface area contributed by atoms with Crippen molar-refractivity contribution in [1.82, 2.24) is 0 Å². The van der Waals surface area contributed by atoms with Gasteiger partial charge in [0, 0.05) is 5.39 Å². The van der Waals surface area contributed by atoms with Gasteiger partial charge in [-0.15, -0.1) is 0 Å². The standard InChI is InChI=1S/C17H13FO2/c1-10-7-11(2)16(14(18)8-10)17(19)13-9-20-15-6-4-3-5-12(13)15/h3-9H,1-2H3. The number of para-hydroxylation sites is 1. The maximum absolute atomic E-state index is 14.1. The van der Waals surface area contributed by atoms with Crippen LogP contribution >= 0.6 is 0 Å². The highest BCUT2D eigenvalue weighted by Gasteiger charge is 2.20. The molecule has 0 aliphatic rings. The Hall–Kier alpha value is -2.42. The van der Waals surface area contributed by atoms with Crippen LogP contribution in [-0.4, -0.2) is 5.78 Å². The van der Waals surface area contributed by atoms with Crippen molar-refractivity contribution in [1.29, 1.82) is 0 Å². The number of rotatable bonds is 2. The molecule has 0 spiro atoms. The molecule has 20 heavy (non-hydrogen) atoms. The number of halogens is 1. The summed E-state index contributed by atoms with van der Waals surface area (Å²) in [5, 5.41) is 0.705. The Morgan fingerprint density at radius 3 is 2.65 bits per heavy atom. The predicted molar refractivity (Wildman–Crippen MR) is 75.5 cm³/mol. The fourth-order valence-electron chi connectivity index (χ4n) is 2.49. The minimum Gasteiger partial charge on any atom is -0.464 e. The van der Waals surface area contributed by atoms with E-state index >= 15 is 0 Å². The molecule has 0 fully saturated rings. The van der Waals surface area contributed by atoms with Crippen LogP contribution in [0.3, 0.4) is 0 Å². The van der Waals surface area contributed by atoms with Crippen LogP contribution in [0.4, 0.5) is 4.39 Å². The van der Waals surface area contributed by atoms with Gasteiger partial charge in [-0.05, 0) is 37.1 Å². The van der Waals surface area contributed by atoms with Crippen LogP contribution in [0, 0.1) is 19.7 Å². The highest BCUT2D eigenvalue weighted by molar-refractivity contribution is 6.16. The Balaban J connectivity index is 2.19. The molecule has 0 radical (unpaired) electrons. The average Bonchev–Trinajstić information content (AvgIpc) is 2.81. The first-order valence-corrected chi connectivity index (χ1v) is 6.35. The van der Waals surface area contributed by atoms with Gasteiger partial charge in [0.25, 0.3) is 0 Å². The quantitative estimate of drug-likeness (QED) is 0.644. The van der Waals surface area contributed by atoms with Gasteiger partial charge in [-0.25, -0.2) is 4.39 Å². The molecular weight excluding hydrogens is 255 g/mol. The van der Waals surface area contributed by atoms with Crippen molar-refractivity contribution in [2.75, 3.05) is 0 Å². The highest BCUT2D eigenvalue weighted by Crippen LogP contribution is 2.26. The Kier molecular flexibility index (Phi) is 2.90. The maximum atomic E-state index is 14.1. The second-order valence-corrected chi connectivity index (χ2v) is 4.91. The Labute approximate surface area is 115 Å². The number of furan rings is 1. The van der Waals surface area contributed by atoms with Gasteiger partial charge >= 0.3 is 0 Å². The van der Waals surface area contributed by atoms with Crippen molar-refractivity contribution in [3.63, 3.8) is 0 Å². The number of benzene rings is 2. The van der Waals surface area contributed by atoms with Crippen molar-refractivity contribution in [2.45, 2.75) is 13.8 Å². The molecule has 0 bridgehead atoms. The van der Waals surface area contributed by atoms with Crippen LogP contribution < -0.4 is 0 Å². The molecule has 0 atom stereocenters. The third-order valence-electron chi connectivity index (χ3n) is 3.38. The third-order valence-corrected chi connectivity index (χ3v) is 3.38. The van der Waals surface area contributed by atoms with Crippen LogP contribution in [0.2, 0.25) is 0 Å². The van der Waals surface area contributed by atoms with E-state index in [1.807, 2.05) is 12.1 Å². The SMILES string of the molecule is Cc1cc(C)c(C(=O)c2coc3ccccc23)c(F)c1. The van der Waals surface area contributed by atoms with Gasteiger partial charge in [-0.3, -0.25) is 4.79 Å². The number of aryl methyl sites for hydroxylation is 2. The lowest BCUT2D eigenvalue weighted by atomic mass is 9.96. The van der Waals surface area contributed by atoms with Crippen molar-refractivity contribution >= 4 is 16.8 Å². The van der Waals surface area contributed by atoms with E-state index in [0.29, 0.717) is 22.1 Å². The van der Waals surface area contributed by atoms with E-state index in [9.17, 15) is 9.18 Å². The molecule has 0 aliphatic carbocycles. The molecular formula is C17H13FO2. The van der Waals surface area contributed by atoms with Crippen molar-refractivity contribution in [3.05, 3.63) is 70.7 Å². The second kappa shape index (κ2) is 4.60. The van der Waals surface area contributed by atoms with Crippen LogP contribution in [0.15, 0.2) is 47.1 Å². The molecule has 1 heterocycles. The first-order chi connectivity index (χ1) is 9.58. The van der Waals surface area contributed by atoms with Crippen molar-refractivity contribution < 1.29 is 13.6 Å². The van der Waals surface area contributed by atoms with Gasteiger partial charge in [0.15, 0.2) is 5.78 Å². The van der Waals surface area contributed by atoms with E-state index in [0.717, 1.165) is 5.56 Å². The highest BCUT2D eigenvalue weighted by atomic mass is 19.1. The summed E-state index contributed by atoms with van der Waals surface area (Å²) in [7, 11) is 0. The summed E-state index contributed by atoms with van der Waals surface area (Å²) in [5.74, 6) is -0.831. The minimum atomic E-state index is -0.488. The number of hydrogen-bond acceptors (Lipinski definition) is 2. The molecule has 3 heteroatoms. The van der Waals surface area contributed by atoms with Crippen molar-refractivity contribution in [2.24, 2.45) is 0 Å². The first kappa shape index (κ1) is 12.6. The summed E-state index contributed by atoms with van der Waals surface area (Å²) in [5.41, 5.74) is 2.57. The van der Waals surface area contributed by atoms with Gasteiger partial charge < -0.3 is 4.42 Å². The number of hydrogen-bond donors (Lipinski definition) is 0. The van der Waals surface area contributed by atoms with Crippen LogP contribution in [0.5, 0.6) is 0 Å². The number of carbonyl (C=O) groups excluding carboxylic acids is 1. The molecule has 2 aromatic carbocycles. The van der Waals surface area contributed by atoms with E-state index in [1.165, 1.54) is 12.3 Å². The topological polar surface area (TPSA) is 30.2 Å². The Morgan fingerprint density at radius 1 is 1.15 bits per heavy atom.